The van der Waals surface area contributed by atoms with Crippen LogP contribution >= 0.6 is 0 Å². The summed E-state index contributed by atoms with van der Waals surface area (Å²) in [6, 6.07) is 0. The monoisotopic (exact) mass is 166 g/mol. The first kappa shape index (κ1) is 9.13. The van der Waals surface area contributed by atoms with Gasteiger partial charge < -0.3 is 5.11 Å². The second kappa shape index (κ2) is 3.63. The summed E-state index contributed by atoms with van der Waals surface area (Å²) in [7, 11) is 0. The van der Waals surface area contributed by atoms with Gasteiger partial charge in [-0.15, -0.1) is 0 Å². The molecule has 1 rings (SSSR count). The molecule has 0 aromatic carbocycles. The topological polar surface area (TPSA) is 46.0 Å². The Morgan fingerprint density at radius 1 is 1.50 bits per heavy atom. The average Bonchev–Trinajstić information content (AvgIpc) is 2.06. The minimum atomic E-state index is -0.657. The number of hydrogen-bond acceptors (Lipinski definition) is 3. The van der Waals surface area contributed by atoms with Crippen LogP contribution in [0.2, 0.25) is 0 Å². The van der Waals surface area contributed by atoms with Gasteiger partial charge in [0.15, 0.2) is 0 Å². The van der Waals surface area contributed by atoms with Crippen molar-refractivity contribution >= 4 is 0 Å². The van der Waals surface area contributed by atoms with Crippen molar-refractivity contribution in [2.24, 2.45) is 0 Å². The molecule has 0 spiro atoms. The first-order valence-corrected chi connectivity index (χ1v) is 4.11. The van der Waals surface area contributed by atoms with E-state index in [-0.39, 0.29) is 0 Å². The van der Waals surface area contributed by atoms with Gasteiger partial charge in [0.25, 0.3) is 0 Å². The van der Waals surface area contributed by atoms with Crippen molar-refractivity contribution < 1.29 is 5.11 Å². The van der Waals surface area contributed by atoms with E-state index in [4.69, 9.17) is 0 Å². The van der Waals surface area contributed by atoms with E-state index in [0.717, 1.165) is 12.1 Å². The van der Waals surface area contributed by atoms with E-state index in [1.54, 1.807) is 18.6 Å². The van der Waals surface area contributed by atoms with Gasteiger partial charge >= 0.3 is 0 Å². The molecule has 0 aliphatic rings. The van der Waals surface area contributed by atoms with Gasteiger partial charge in [0.1, 0.15) is 0 Å². The molecule has 0 aliphatic carbocycles. The van der Waals surface area contributed by atoms with Crippen molar-refractivity contribution in [2.45, 2.75) is 32.3 Å². The zero-order valence-electron chi connectivity index (χ0n) is 7.49. The van der Waals surface area contributed by atoms with E-state index >= 15 is 0 Å². The molecule has 3 nitrogen and oxygen atoms in total. The van der Waals surface area contributed by atoms with Crippen LogP contribution in [0.25, 0.3) is 0 Å². The molecule has 0 fully saturated rings. The Balaban J connectivity index is 2.64. The molecule has 0 amide bonds. The predicted octanol–water partition coefficient (Wildman–Crippen LogP) is 1.18. The second-order valence-electron chi connectivity index (χ2n) is 3.22. The molecule has 1 aromatic heterocycles. The SMILES string of the molecule is CC[C@@](C)(O)Cc1cnccn1. The number of hydrogen-bond donors (Lipinski definition) is 1. The Morgan fingerprint density at radius 2 is 2.25 bits per heavy atom. The summed E-state index contributed by atoms with van der Waals surface area (Å²) in [6.45, 7) is 3.76. The molecule has 1 N–H and O–H groups in total. The molecular formula is C9H14N2O. The van der Waals surface area contributed by atoms with Crippen LogP contribution in [0, 0.1) is 0 Å². The lowest BCUT2D eigenvalue weighted by atomic mass is 9.98. The van der Waals surface area contributed by atoms with E-state index in [2.05, 4.69) is 9.97 Å². The normalized spacial score (nSPS) is 15.6. The van der Waals surface area contributed by atoms with Gasteiger partial charge in [-0.05, 0) is 13.3 Å². The summed E-state index contributed by atoms with van der Waals surface area (Å²) in [5.74, 6) is 0. The van der Waals surface area contributed by atoms with Gasteiger partial charge in [0.2, 0.25) is 0 Å². The minimum absolute atomic E-state index is 0.567. The summed E-state index contributed by atoms with van der Waals surface area (Å²) in [5, 5.41) is 9.71. The van der Waals surface area contributed by atoms with E-state index in [9.17, 15) is 5.11 Å². The molecule has 3 heteroatoms. The molecule has 1 aromatic rings. The fraction of sp³-hybridized carbons (Fsp3) is 0.556. The molecule has 0 saturated carbocycles. The summed E-state index contributed by atoms with van der Waals surface area (Å²) in [4.78, 5) is 8.02. The Hall–Kier alpha value is -0.960. The fourth-order valence-electron chi connectivity index (χ4n) is 0.936. The van der Waals surface area contributed by atoms with Crippen LogP contribution in [0.1, 0.15) is 26.0 Å². The highest BCUT2D eigenvalue weighted by atomic mass is 16.3. The maximum atomic E-state index is 9.71. The summed E-state index contributed by atoms with van der Waals surface area (Å²) in [5.41, 5.74) is 0.181. The third-order valence-corrected chi connectivity index (χ3v) is 1.94. The Bertz CT molecular complexity index is 234. The van der Waals surface area contributed by atoms with E-state index in [0.29, 0.717) is 6.42 Å². The number of aromatic nitrogens is 2. The molecule has 0 unspecified atom stereocenters. The van der Waals surface area contributed by atoms with Crippen molar-refractivity contribution in [1.29, 1.82) is 0 Å². The number of aliphatic hydroxyl groups is 1. The molecule has 1 heterocycles. The summed E-state index contributed by atoms with van der Waals surface area (Å²) < 4.78 is 0. The van der Waals surface area contributed by atoms with Crippen LogP contribution in [0.3, 0.4) is 0 Å². The zero-order valence-corrected chi connectivity index (χ0v) is 7.49. The van der Waals surface area contributed by atoms with Crippen LogP contribution in [-0.2, 0) is 6.42 Å². The van der Waals surface area contributed by atoms with E-state index in [1.165, 1.54) is 0 Å². The number of rotatable bonds is 3. The molecule has 12 heavy (non-hydrogen) atoms. The zero-order chi connectivity index (χ0) is 9.03. The van der Waals surface area contributed by atoms with Crippen LogP contribution in [-0.4, -0.2) is 20.7 Å². The summed E-state index contributed by atoms with van der Waals surface area (Å²) >= 11 is 0. The quantitative estimate of drug-likeness (QED) is 0.733. The van der Waals surface area contributed by atoms with Crippen LogP contribution < -0.4 is 0 Å². The Labute approximate surface area is 72.5 Å². The highest BCUT2D eigenvalue weighted by Gasteiger charge is 2.18. The van der Waals surface area contributed by atoms with Crippen molar-refractivity contribution in [2.75, 3.05) is 0 Å². The molecule has 0 radical (unpaired) electrons. The maximum Gasteiger partial charge on any atom is 0.0673 e. The lowest BCUT2D eigenvalue weighted by Gasteiger charge is -2.19. The molecule has 0 bridgehead atoms. The fourth-order valence-corrected chi connectivity index (χ4v) is 0.936. The van der Waals surface area contributed by atoms with Crippen molar-refractivity contribution in [3.05, 3.63) is 24.3 Å². The van der Waals surface area contributed by atoms with Gasteiger partial charge in [-0.3, -0.25) is 9.97 Å². The molecule has 66 valence electrons. The van der Waals surface area contributed by atoms with Crippen molar-refractivity contribution in [3.63, 3.8) is 0 Å². The van der Waals surface area contributed by atoms with Crippen molar-refractivity contribution in [1.82, 2.24) is 9.97 Å². The Kier molecular flexibility index (Phi) is 2.76. The predicted molar refractivity (Wildman–Crippen MR) is 46.7 cm³/mol. The highest BCUT2D eigenvalue weighted by molar-refractivity contribution is 4.99. The largest absolute Gasteiger partial charge is 0.390 e. The van der Waals surface area contributed by atoms with Gasteiger partial charge in [-0.25, -0.2) is 0 Å². The minimum Gasteiger partial charge on any atom is -0.390 e. The second-order valence-corrected chi connectivity index (χ2v) is 3.22. The smallest absolute Gasteiger partial charge is 0.0673 e. The van der Waals surface area contributed by atoms with E-state index in [1.807, 2.05) is 13.8 Å². The van der Waals surface area contributed by atoms with Crippen LogP contribution in [0.15, 0.2) is 18.6 Å². The highest BCUT2D eigenvalue weighted by Crippen LogP contribution is 2.13. The lowest BCUT2D eigenvalue weighted by molar-refractivity contribution is 0.0554. The Morgan fingerprint density at radius 3 is 2.75 bits per heavy atom. The average molecular weight is 166 g/mol. The molecule has 0 aliphatic heterocycles. The van der Waals surface area contributed by atoms with E-state index < -0.39 is 5.60 Å². The third-order valence-electron chi connectivity index (χ3n) is 1.94. The maximum absolute atomic E-state index is 9.71. The summed E-state index contributed by atoms with van der Waals surface area (Å²) in [6.07, 6.45) is 6.25. The standard InChI is InChI=1S/C9H14N2O/c1-3-9(2,12)6-8-7-10-4-5-11-8/h4-5,7,12H,3,6H2,1-2H3/t9-/m1/s1. The molecular weight excluding hydrogens is 152 g/mol. The molecule has 1 atom stereocenters. The molecule has 0 saturated heterocycles. The van der Waals surface area contributed by atoms with Crippen LogP contribution in [0.4, 0.5) is 0 Å². The van der Waals surface area contributed by atoms with Gasteiger partial charge in [0.05, 0.1) is 11.3 Å². The lowest BCUT2D eigenvalue weighted by Crippen LogP contribution is -2.26. The van der Waals surface area contributed by atoms with Gasteiger partial charge in [-0.2, -0.15) is 0 Å². The van der Waals surface area contributed by atoms with Crippen LogP contribution in [0.5, 0.6) is 0 Å². The first-order chi connectivity index (χ1) is 5.64. The third kappa shape index (κ3) is 2.58. The van der Waals surface area contributed by atoms with Gasteiger partial charge in [-0.1, -0.05) is 6.92 Å². The number of nitrogens with zero attached hydrogens (tertiary/aromatic N) is 2. The van der Waals surface area contributed by atoms with Crippen molar-refractivity contribution in [3.8, 4) is 0 Å². The van der Waals surface area contributed by atoms with Gasteiger partial charge in [0, 0.05) is 25.0 Å². The first-order valence-electron chi connectivity index (χ1n) is 4.11.